The lowest BCUT2D eigenvalue weighted by molar-refractivity contribution is -0.151. The maximum atomic E-state index is 11.0. The number of hydrogen-bond donors (Lipinski definition) is 0. The third-order valence-electron chi connectivity index (χ3n) is 1.77. The molecule has 1 atom stereocenters. The predicted molar refractivity (Wildman–Crippen MR) is 39.0 cm³/mol. The van der Waals surface area contributed by atoms with E-state index < -0.39 is 5.92 Å². The number of rotatable bonds is 3. The molecule has 1 unspecified atom stereocenters. The molecular weight excluding hydrogens is 144 g/mol. The Bertz CT molecular complexity index is 182. The van der Waals surface area contributed by atoms with Crippen molar-refractivity contribution in [2.45, 2.75) is 32.8 Å². The van der Waals surface area contributed by atoms with Crippen LogP contribution < -0.4 is 0 Å². The van der Waals surface area contributed by atoms with Crippen LogP contribution in [-0.4, -0.2) is 17.9 Å². The number of hydrogen-bond acceptors (Lipinski definition) is 3. The summed E-state index contributed by atoms with van der Waals surface area (Å²) in [6.07, 6.45) is 2.01. The number of ketones is 1. The monoisotopic (exact) mass is 156 g/mol. The molecule has 1 rings (SSSR count). The Labute approximate surface area is 65.7 Å². The van der Waals surface area contributed by atoms with E-state index in [0.29, 0.717) is 0 Å². The second-order valence-electron chi connectivity index (χ2n) is 2.97. The molecule has 0 heterocycles. The maximum absolute atomic E-state index is 11.0. The zero-order valence-electron chi connectivity index (χ0n) is 6.79. The minimum absolute atomic E-state index is 0.101. The third-order valence-corrected chi connectivity index (χ3v) is 1.77. The number of carbonyl (C=O) groups excluding carboxylic acids is 2. The van der Waals surface area contributed by atoms with Gasteiger partial charge in [-0.25, -0.2) is 0 Å². The van der Waals surface area contributed by atoms with E-state index in [0.717, 1.165) is 12.8 Å². The highest BCUT2D eigenvalue weighted by Crippen LogP contribution is 2.24. The second-order valence-corrected chi connectivity index (χ2v) is 2.97. The molecule has 0 aromatic rings. The maximum Gasteiger partial charge on any atom is 0.316 e. The van der Waals surface area contributed by atoms with Crippen molar-refractivity contribution >= 4 is 11.8 Å². The third kappa shape index (κ3) is 2.33. The van der Waals surface area contributed by atoms with Crippen LogP contribution >= 0.6 is 0 Å². The lowest BCUT2D eigenvalue weighted by Gasteiger charge is -2.06. The minimum Gasteiger partial charge on any atom is -0.462 e. The molecule has 1 aliphatic carbocycles. The molecule has 0 bridgehead atoms. The van der Waals surface area contributed by atoms with Gasteiger partial charge in [0.25, 0.3) is 0 Å². The summed E-state index contributed by atoms with van der Waals surface area (Å²) in [7, 11) is 0. The van der Waals surface area contributed by atoms with Gasteiger partial charge in [0.15, 0.2) is 0 Å². The topological polar surface area (TPSA) is 43.4 Å². The largest absolute Gasteiger partial charge is 0.462 e. The highest BCUT2D eigenvalue weighted by molar-refractivity contribution is 5.97. The Morgan fingerprint density at radius 3 is 2.36 bits per heavy atom. The molecule has 0 aromatic heterocycles. The molecule has 3 nitrogen and oxygen atoms in total. The minimum atomic E-state index is -0.587. The summed E-state index contributed by atoms with van der Waals surface area (Å²) in [5, 5.41) is 0. The van der Waals surface area contributed by atoms with Gasteiger partial charge in [0.2, 0.25) is 0 Å². The van der Waals surface area contributed by atoms with Crippen molar-refractivity contribution in [1.29, 1.82) is 0 Å². The zero-order chi connectivity index (χ0) is 8.43. The van der Waals surface area contributed by atoms with Crippen molar-refractivity contribution in [3.63, 3.8) is 0 Å². The zero-order valence-corrected chi connectivity index (χ0v) is 6.79. The fourth-order valence-corrected chi connectivity index (χ4v) is 0.618. The molecule has 62 valence electrons. The first-order valence-corrected chi connectivity index (χ1v) is 3.82. The fraction of sp³-hybridized carbons (Fsp3) is 0.750. The highest BCUT2D eigenvalue weighted by atomic mass is 16.5. The van der Waals surface area contributed by atoms with E-state index in [1.807, 2.05) is 0 Å². The molecule has 11 heavy (non-hydrogen) atoms. The van der Waals surface area contributed by atoms with Crippen molar-refractivity contribution in [3.8, 4) is 0 Å². The van der Waals surface area contributed by atoms with Crippen molar-refractivity contribution in [2.24, 2.45) is 5.92 Å². The summed E-state index contributed by atoms with van der Waals surface area (Å²) in [5.74, 6) is -1.09. The van der Waals surface area contributed by atoms with Gasteiger partial charge in [-0.2, -0.15) is 0 Å². The van der Waals surface area contributed by atoms with Crippen LogP contribution in [0.2, 0.25) is 0 Å². The van der Waals surface area contributed by atoms with Gasteiger partial charge in [-0.05, 0) is 26.7 Å². The van der Waals surface area contributed by atoms with Crippen LogP contribution in [0.25, 0.3) is 0 Å². The average molecular weight is 156 g/mol. The highest BCUT2D eigenvalue weighted by Gasteiger charge is 2.29. The molecule has 0 aliphatic heterocycles. The van der Waals surface area contributed by atoms with E-state index >= 15 is 0 Å². The Morgan fingerprint density at radius 1 is 1.45 bits per heavy atom. The lowest BCUT2D eigenvalue weighted by atomic mass is 10.1. The van der Waals surface area contributed by atoms with Crippen LogP contribution in [0.5, 0.6) is 0 Å². The molecule has 0 radical (unpaired) electrons. The van der Waals surface area contributed by atoms with Crippen molar-refractivity contribution < 1.29 is 14.3 Å². The first-order valence-electron chi connectivity index (χ1n) is 3.82. The Balaban J connectivity index is 2.32. The van der Waals surface area contributed by atoms with Crippen LogP contribution in [-0.2, 0) is 14.3 Å². The van der Waals surface area contributed by atoms with E-state index in [1.54, 1.807) is 6.92 Å². The first kappa shape index (κ1) is 8.24. The van der Waals surface area contributed by atoms with Gasteiger partial charge in [0, 0.05) is 0 Å². The first-order chi connectivity index (χ1) is 5.11. The summed E-state index contributed by atoms with van der Waals surface area (Å²) in [4.78, 5) is 21.7. The molecule has 0 amide bonds. The van der Waals surface area contributed by atoms with Gasteiger partial charge in [0.1, 0.15) is 17.8 Å². The van der Waals surface area contributed by atoms with Crippen LogP contribution in [0.15, 0.2) is 0 Å². The van der Waals surface area contributed by atoms with Crippen molar-refractivity contribution in [3.05, 3.63) is 0 Å². The summed E-state index contributed by atoms with van der Waals surface area (Å²) in [6.45, 7) is 2.98. The lowest BCUT2D eigenvalue weighted by Crippen LogP contribution is -2.21. The molecule has 0 aromatic carbocycles. The second kappa shape index (κ2) is 3.03. The van der Waals surface area contributed by atoms with E-state index in [2.05, 4.69) is 0 Å². The molecular formula is C8H12O3. The van der Waals surface area contributed by atoms with Gasteiger partial charge < -0.3 is 4.74 Å². The summed E-state index contributed by atoms with van der Waals surface area (Å²) in [6, 6.07) is 0. The van der Waals surface area contributed by atoms with Gasteiger partial charge in [-0.1, -0.05) is 0 Å². The van der Waals surface area contributed by atoms with Crippen LogP contribution in [0.4, 0.5) is 0 Å². The van der Waals surface area contributed by atoms with Crippen LogP contribution in [0, 0.1) is 5.92 Å². The number of ether oxygens (including phenoxy) is 1. The molecule has 0 N–H and O–H groups in total. The quantitative estimate of drug-likeness (QED) is 0.450. The summed E-state index contributed by atoms with van der Waals surface area (Å²) >= 11 is 0. The summed E-state index contributed by atoms with van der Waals surface area (Å²) < 4.78 is 4.92. The fourth-order valence-electron chi connectivity index (χ4n) is 0.618. The molecule has 1 aliphatic rings. The smallest absolute Gasteiger partial charge is 0.316 e. The number of Topliss-reactive ketones (excluding diaryl/α,β-unsaturated/α-hetero) is 1. The molecule has 0 spiro atoms. The van der Waals surface area contributed by atoms with Gasteiger partial charge in [-0.15, -0.1) is 0 Å². The molecule has 1 fully saturated rings. The number of carbonyl (C=O) groups is 2. The molecule has 1 saturated carbocycles. The van der Waals surface area contributed by atoms with Gasteiger partial charge in [-0.3, -0.25) is 9.59 Å². The standard InChI is InChI=1S/C8H12O3/c1-5(6(2)9)8(10)11-7-3-4-7/h5,7H,3-4H2,1-2H3. The van der Waals surface area contributed by atoms with E-state index in [1.165, 1.54) is 6.92 Å². The van der Waals surface area contributed by atoms with Crippen molar-refractivity contribution in [1.82, 2.24) is 0 Å². The Morgan fingerprint density at radius 2 is 2.00 bits per heavy atom. The Hall–Kier alpha value is -0.860. The van der Waals surface area contributed by atoms with Crippen LogP contribution in [0.1, 0.15) is 26.7 Å². The van der Waals surface area contributed by atoms with E-state index in [4.69, 9.17) is 4.74 Å². The Kier molecular flexibility index (Phi) is 2.27. The summed E-state index contributed by atoms with van der Waals surface area (Å²) in [5.41, 5.74) is 0. The normalized spacial score (nSPS) is 19.1. The van der Waals surface area contributed by atoms with E-state index in [-0.39, 0.29) is 17.9 Å². The van der Waals surface area contributed by atoms with Gasteiger partial charge >= 0.3 is 5.97 Å². The van der Waals surface area contributed by atoms with E-state index in [9.17, 15) is 9.59 Å². The van der Waals surface area contributed by atoms with Gasteiger partial charge in [0.05, 0.1) is 0 Å². The van der Waals surface area contributed by atoms with Crippen molar-refractivity contribution in [2.75, 3.05) is 0 Å². The molecule has 3 heteroatoms. The average Bonchev–Trinajstić information content (AvgIpc) is 2.69. The number of esters is 1. The predicted octanol–water partition coefficient (Wildman–Crippen LogP) is 0.917. The molecule has 0 saturated heterocycles. The SMILES string of the molecule is CC(=O)C(C)C(=O)OC1CC1. The van der Waals surface area contributed by atoms with Crippen LogP contribution in [0.3, 0.4) is 0 Å².